The van der Waals surface area contributed by atoms with Crippen LogP contribution in [0.15, 0.2) is 48.5 Å². The second-order valence-electron chi connectivity index (χ2n) is 6.83. The highest BCUT2D eigenvalue weighted by atomic mass is 32.1. The van der Waals surface area contributed by atoms with Crippen molar-refractivity contribution in [1.82, 2.24) is 5.32 Å². The first-order chi connectivity index (χ1) is 12.8. The Balaban J connectivity index is 1.90. The van der Waals surface area contributed by atoms with E-state index in [1.807, 2.05) is 38.1 Å². The highest BCUT2D eigenvalue weighted by molar-refractivity contribution is 7.80. The van der Waals surface area contributed by atoms with Crippen molar-refractivity contribution in [2.45, 2.75) is 33.8 Å². The molecule has 0 aliphatic carbocycles. The molecule has 0 atom stereocenters. The Morgan fingerprint density at radius 3 is 2.37 bits per heavy atom. The Morgan fingerprint density at radius 1 is 1.04 bits per heavy atom. The van der Waals surface area contributed by atoms with Crippen molar-refractivity contribution in [3.63, 3.8) is 0 Å². The summed E-state index contributed by atoms with van der Waals surface area (Å²) in [6.07, 6.45) is 0.0828. The predicted molar refractivity (Wildman–Crippen MR) is 113 cm³/mol. The molecule has 1 amide bonds. The number of benzene rings is 2. The quantitative estimate of drug-likeness (QED) is 0.679. The lowest BCUT2D eigenvalue weighted by Gasteiger charge is -2.13. The van der Waals surface area contributed by atoms with Gasteiger partial charge >= 0.3 is 0 Å². The van der Waals surface area contributed by atoms with Crippen LogP contribution in [0.3, 0.4) is 0 Å². The second kappa shape index (κ2) is 9.92. The average Bonchev–Trinajstić information content (AvgIpc) is 2.60. The summed E-state index contributed by atoms with van der Waals surface area (Å²) in [5.74, 6) is 1.64. The van der Waals surface area contributed by atoms with Crippen LogP contribution in [0.5, 0.6) is 11.5 Å². The van der Waals surface area contributed by atoms with E-state index in [-0.39, 0.29) is 17.1 Å². The topological polar surface area (TPSA) is 59.6 Å². The van der Waals surface area contributed by atoms with Gasteiger partial charge in [0.1, 0.15) is 11.5 Å². The fraction of sp³-hybridized carbons (Fsp3) is 0.333. The number of hydrogen-bond donors (Lipinski definition) is 2. The van der Waals surface area contributed by atoms with Gasteiger partial charge in [0.05, 0.1) is 12.7 Å². The molecule has 0 aromatic heterocycles. The molecule has 0 bridgehead atoms. The highest BCUT2D eigenvalue weighted by Crippen LogP contribution is 2.18. The number of thiocarbonyl (C=S) groups is 1. The van der Waals surface area contributed by atoms with Crippen molar-refractivity contribution < 1.29 is 14.3 Å². The third-order valence-corrected chi connectivity index (χ3v) is 3.59. The number of carbonyl (C=O) groups excluding carboxylic acids is 1. The molecule has 0 unspecified atom stereocenters. The Bertz CT molecular complexity index is 773. The first kappa shape index (κ1) is 20.7. The van der Waals surface area contributed by atoms with Crippen molar-refractivity contribution in [2.24, 2.45) is 5.92 Å². The molecule has 6 heteroatoms. The van der Waals surface area contributed by atoms with Crippen LogP contribution in [0.4, 0.5) is 5.69 Å². The first-order valence-corrected chi connectivity index (χ1v) is 9.36. The molecule has 0 spiro atoms. The molecular formula is C21H26N2O3S. The van der Waals surface area contributed by atoms with Gasteiger partial charge in [-0.1, -0.05) is 19.9 Å². The van der Waals surface area contributed by atoms with Crippen LogP contribution in [0, 0.1) is 5.92 Å². The summed E-state index contributed by atoms with van der Waals surface area (Å²) in [7, 11) is 0. The standard InChI is InChI=1S/C21H26N2O3S/c1-14(2)13-25-18-10-8-16(9-11-18)20(24)23-21(27)22-17-6-5-7-19(12-17)26-15(3)4/h5-12,14-15H,13H2,1-4H3,(H2,22,23,24,27). The van der Waals surface area contributed by atoms with Gasteiger partial charge in [-0.05, 0) is 68.4 Å². The van der Waals surface area contributed by atoms with Crippen molar-refractivity contribution in [3.05, 3.63) is 54.1 Å². The number of anilines is 1. The Labute approximate surface area is 166 Å². The molecule has 2 aromatic rings. The fourth-order valence-electron chi connectivity index (χ4n) is 2.22. The van der Waals surface area contributed by atoms with Crippen LogP contribution >= 0.6 is 12.2 Å². The molecule has 5 nitrogen and oxygen atoms in total. The minimum absolute atomic E-state index is 0.0828. The molecule has 0 saturated carbocycles. The second-order valence-corrected chi connectivity index (χ2v) is 7.24. The van der Waals surface area contributed by atoms with Crippen molar-refractivity contribution in [1.29, 1.82) is 0 Å². The maximum Gasteiger partial charge on any atom is 0.257 e. The zero-order valence-corrected chi connectivity index (χ0v) is 16.9. The highest BCUT2D eigenvalue weighted by Gasteiger charge is 2.09. The summed E-state index contributed by atoms with van der Waals surface area (Å²) < 4.78 is 11.3. The number of nitrogens with one attached hydrogen (secondary N) is 2. The van der Waals surface area contributed by atoms with Gasteiger partial charge < -0.3 is 14.8 Å². The van der Waals surface area contributed by atoms with Crippen LogP contribution in [0.25, 0.3) is 0 Å². The largest absolute Gasteiger partial charge is 0.493 e. The van der Waals surface area contributed by atoms with E-state index in [4.69, 9.17) is 21.7 Å². The van der Waals surface area contributed by atoms with E-state index in [0.717, 1.165) is 17.2 Å². The smallest absolute Gasteiger partial charge is 0.257 e. The van der Waals surface area contributed by atoms with Gasteiger partial charge in [-0.3, -0.25) is 10.1 Å². The van der Waals surface area contributed by atoms with Crippen molar-refractivity contribution in [2.75, 3.05) is 11.9 Å². The fourth-order valence-corrected chi connectivity index (χ4v) is 2.43. The number of ether oxygens (including phenoxy) is 2. The van der Waals surface area contributed by atoms with Crippen LogP contribution < -0.4 is 20.1 Å². The number of rotatable bonds is 7. The molecule has 144 valence electrons. The first-order valence-electron chi connectivity index (χ1n) is 8.95. The SMILES string of the molecule is CC(C)COc1ccc(C(=O)NC(=S)Nc2cccc(OC(C)C)c2)cc1. The van der Waals surface area contributed by atoms with Gasteiger partial charge in [-0.25, -0.2) is 0 Å². The number of amides is 1. The van der Waals surface area contributed by atoms with E-state index in [0.29, 0.717) is 18.1 Å². The zero-order valence-electron chi connectivity index (χ0n) is 16.1. The van der Waals surface area contributed by atoms with Gasteiger partial charge in [0.2, 0.25) is 0 Å². The summed E-state index contributed by atoms with van der Waals surface area (Å²) in [6.45, 7) is 8.73. The molecule has 0 aliphatic rings. The van der Waals surface area contributed by atoms with Crippen molar-refractivity contribution in [3.8, 4) is 11.5 Å². The molecule has 0 heterocycles. The van der Waals surface area contributed by atoms with Crippen LogP contribution in [-0.4, -0.2) is 23.7 Å². The summed E-state index contributed by atoms with van der Waals surface area (Å²) in [5.41, 5.74) is 1.25. The van der Waals surface area contributed by atoms with Gasteiger partial charge in [0, 0.05) is 17.3 Å². The maximum atomic E-state index is 12.3. The summed E-state index contributed by atoms with van der Waals surface area (Å²) in [5, 5.41) is 5.89. The molecule has 27 heavy (non-hydrogen) atoms. The third-order valence-electron chi connectivity index (χ3n) is 3.39. The lowest BCUT2D eigenvalue weighted by atomic mass is 10.2. The molecule has 0 fully saturated rings. The van der Waals surface area contributed by atoms with Gasteiger partial charge in [-0.2, -0.15) is 0 Å². The summed E-state index contributed by atoms with van der Waals surface area (Å²) >= 11 is 5.23. The van der Waals surface area contributed by atoms with E-state index < -0.39 is 0 Å². The molecule has 0 saturated heterocycles. The summed E-state index contributed by atoms with van der Waals surface area (Å²) in [4.78, 5) is 12.3. The van der Waals surface area contributed by atoms with E-state index in [9.17, 15) is 4.79 Å². The van der Waals surface area contributed by atoms with Gasteiger partial charge in [0.15, 0.2) is 5.11 Å². The lowest BCUT2D eigenvalue weighted by molar-refractivity contribution is 0.0977. The van der Waals surface area contributed by atoms with Crippen LogP contribution in [-0.2, 0) is 0 Å². The molecule has 2 aromatic carbocycles. The van der Waals surface area contributed by atoms with E-state index in [1.54, 1.807) is 24.3 Å². The van der Waals surface area contributed by atoms with E-state index >= 15 is 0 Å². The molecular weight excluding hydrogens is 360 g/mol. The third kappa shape index (κ3) is 7.27. The van der Waals surface area contributed by atoms with Crippen molar-refractivity contribution >= 4 is 28.9 Å². The molecule has 2 N–H and O–H groups in total. The Hall–Kier alpha value is -2.60. The zero-order chi connectivity index (χ0) is 19.8. The monoisotopic (exact) mass is 386 g/mol. The lowest BCUT2D eigenvalue weighted by Crippen LogP contribution is -2.34. The van der Waals surface area contributed by atoms with Gasteiger partial charge in [0.25, 0.3) is 5.91 Å². The Kier molecular flexibility index (Phi) is 7.61. The predicted octanol–water partition coefficient (Wildman–Crippen LogP) is 4.64. The van der Waals surface area contributed by atoms with Crippen LogP contribution in [0.2, 0.25) is 0 Å². The molecule has 0 radical (unpaired) electrons. The van der Waals surface area contributed by atoms with E-state index in [1.165, 1.54) is 0 Å². The summed E-state index contributed by atoms with van der Waals surface area (Å²) in [6, 6.07) is 14.4. The average molecular weight is 387 g/mol. The number of hydrogen-bond acceptors (Lipinski definition) is 4. The minimum atomic E-state index is -0.280. The van der Waals surface area contributed by atoms with Gasteiger partial charge in [-0.15, -0.1) is 0 Å². The maximum absolute atomic E-state index is 12.3. The Morgan fingerprint density at radius 2 is 1.74 bits per heavy atom. The number of carbonyl (C=O) groups is 1. The molecule has 2 rings (SSSR count). The minimum Gasteiger partial charge on any atom is -0.493 e. The van der Waals surface area contributed by atoms with Crippen LogP contribution in [0.1, 0.15) is 38.1 Å². The van der Waals surface area contributed by atoms with E-state index in [2.05, 4.69) is 24.5 Å². The molecule has 0 aliphatic heterocycles. The normalized spacial score (nSPS) is 10.6.